The molecule has 1 unspecified atom stereocenters. The number of carbonyl (C=O) groups excluding carboxylic acids is 4. The summed E-state index contributed by atoms with van der Waals surface area (Å²) in [6.07, 6.45) is 0.468. The number of carbonyl (C=O) groups is 5. The van der Waals surface area contributed by atoms with Crippen LogP contribution in [0.3, 0.4) is 0 Å². The molecule has 5 atom stereocenters. The Kier molecular flexibility index (Phi) is 16.7. The van der Waals surface area contributed by atoms with Crippen LogP contribution in [0.5, 0.6) is 11.5 Å². The number of carboxylic acid groups (broad SMARTS) is 1. The first-order valence-electron chi connectivity index (χ1n) is 27.5. The molecule has 2 aliphatic heterocycles. The van der Waals surface area contributed by atoms with E-state index in [1.165, 1.54) is 16.2 Å². The summed E-state index contributed by atoms with van der Waals surface area (Å²) in [6, 6.07) is 35.8. The minimum atomic E-state index is -1.18. The molecule has 0 bridgehead atoms. The predicted molar refractivity (Wildman–Crippen MR) is 321 cm³/mol. The smallest absolute Gasteiger partial charge is 0.355 e. The van der Waals surface area contributed by atoms with Crippen molar-refractivity contribution in [2.24, 2.45) is 5.41 Å². The highest BCUT2D eigenvalue weighted by Crippen LogP contribution is 2.38. The first-order valence-corrected chi connectivity index (χ1v) is 29.2. The van der Waals surface area contributed by atoms with Crippen LogP contribution in [0.2, 0.25) is 0 Å². The van der Waals surface area contributed by atoms with Gasteiger partial charge in [-0.05, 0) is 132 Å². The number of rotatable bonds is 17. The lowest BCUT2D eigenvalue weighted by atomic mass is 9.85. The van der Waals surface area contributed by atoms with Gasteiger partial charge >= 0.3 is 5.97 Å². The molecule has 82 heavy (non-hydrogen) atoms. The first-order chi connectivity index (χ1) is 39.3. The maximum Gasteiger partial charge on any atom is 0.355 e. The van der Waals surface area contributed by atoms with Gasteiger partial charge in [0.1, 0.15) is 29.4 Å². The molecule has 0 spiro atoms. The van der Waals surface area contributed by atoms with E-state index in [4.69, 9.17) is 9.72 Å². The van der Waals surface area contributed by atoms with Gasteiger partial charge in [-0.15, -0.1) is 11.3 Å². The second-order valence-corrected chi connectivity index (χ2v) is 24.2. The normalized spacial score (nSPS) is 16.2. The largest absolute Gasteiger partial charge is 0.476 e. The molecule has 0 radical (unpaired) electrons. The predicted octanol–water partition coefficient (Wildman–Crippen LogP) is 11.7. The van der Waals surface area contributed by atoms with Crippen molar-refractivity contribution in [2.45, 2.75) is 111 Å². The van der Waals surface area contributed by atoms with Gasteiger partial charge < -0.3 is 35.4 Å². The van der Waals surface area contributed by atoms with E-state index in [9.17, 15) is 34.2 Å². The summed E-state index contributed by atoms with van der Waals surface area (Å²) in [5.74, 6) is -0.972. The number of para-hydroxylation sites is 1. The van der Waals surface area contributed by atoms with Gasteiger partial charge in [-0.2, -0.15) is 0 Å². The van der Waals surface area contributed by atoms with Crippen LogP contribution in [0.25, 0.3) is 31.8 Å². The molecule has 0 saturated carbocycles. The average Bonchev–Trinajstić information content (AvgIpc) is 4.29. The van der Waals surface area contributed by atoms with E-state index < -0.39 is 35.5 Å². The number of benzene rings is 5. The number of likely N-dealkylation sites (tertiary alicyclic amines) is 1. The summed E-state index contributed by atoms with van der Waals surface area (Å²) in [6.45, 7) is 14.3. The van der Waals surface area contributed by atoms with Gasteiger partial charge in [-0.3, -0.25) is 24.5 Å². The molecule has 0 aliphatic carbocycles. The number of pyridine rings is 1. The van der Waals surface area contributed by atoms with Gasteiger partial charge in [-0.1, -0.05) is 112 Å². The molecular weight excluding hydrogens is 1070 g/mol. The van der Waals surface area contributed by atoms with Crippen LogP contribution in [-0.2, 0) is 27.3 Å². The number of hydrogen-bond acceptors (Lipinski definition) is 13. The molecule has 10 rings (SSSR count). The number of anilines is 2. The molecular formula is C64H66N8O8S2. The van der Waals surface area contributed by atoms with Crippen molar-refractivity contribution in [1.29, 1.82) is 0 Å². The maximum atomic E-state index is 14.3. The monoisotopic (exact) mass is 1140 g/mol. The zero-order chi connectivity index (χ0) is 58.0. The molecule has 5 heterocycles. The summed E-state index contributed by atoms with van der Waals surface area (Å²) >= 11 is 2.98. The summed E-state index contributed by atoms with van der Waals surface area (Å²) in [7, 11) is 0. The van der Waals surface area contributed by atoms with Crippen LogP contribution in [-0.4, -0.2) is 90.9 Å². The standard InChI is InChI=1S/C64H66N8O8S2/c1-36(18-29-55(74)69-58(64(5,6)7)61(77)72-33-44(73)32-51(72)60(76)66-38(3)41-19-21-43(22-20-41)57-39(4)65-35-81-57)40-23-25-45(26-24-40)80-52-16-11-13-46(37(52)2)47-27-28-54(68-56(47)62(78)79)71-31-30-42-12-10-14-48(49(42)34-71)59(75)70-63-67-50-15-8-9-17-53(50)82-63/h8-17,19-28,35-36,38,44,51,58,73H,18,29-34H2,1-7H3,(H,66,76)(H,69,74)(H,78,79)(H,67,70,75)/t36-,38+,44-,51?,58-/m1/s1. The molecule has 2 aliphatic rings. The van der Waals surface area contributed by atoms with Crippen molar-refractivity contribution in [3.8, 4) is 33.1 Å². The number of aromatic carboxylic acids is 1. The van der Waals surface area contributed by atoms with Gasteiger partial charge in [0.05, 0.1) is 38.4 Å². The topological polar surface area (TPSA) is 216 Å². The number of aromatic nitrogens is 3. The number of amides is 4. The van der Waals surface area contributed by atoms with Crippen LogP contribution in [0, 0.1) is 19.3 Å². The minimum Gasteiger partial charge on any atom is -0.476 e. The zero-order valence-corrected chi connectivity index (χ0v) is 48.5. The number of aryl methyl sites for hydroxylation is 1. The highest BCUT2D eigenvalue weighted by Gasteiger charge is 2.45. The van der Waals surface area contributed by atoms with E-state index in [1.807, 2.05) is 168 Å². The average molecular weight is 1140 g/mol. The fraction of sp³-hybridized carbons (Fsp3) is 0.312. The Labute approximate surface area is 484 Å². The Morgan fingerprint density at radius 3 is 2.29 bits per heavy atom. The third kappa shape index (κ3) is 12.4. The molecule has 422 valence electrons. The summed E-state index contributed by atoms with van der Waals surface area (Å²) in [5.41, 5.74) is 9.93. The van der Waals surface area contributed by atoms with Crippen molar-refractivity contribution in [3.63, 3.8) is 0 Å². The molecule has 16 nitrogen and oxygen atoms in total. The van der Waals surface area contributed by atoms with Crippen LogP contribution in [0.15, 0.2) is 127 Å². The SMILES string of the molecule is Cc1ncsc1-c1ccc([C@H](C)NC(=O)C2C[C@@H](O)CN2C(=O)[C@@H](NC(=O)CC[C@@H](C)c2ccc(Oc3cccc(-c4ccc(N5CCc6cccc(C(=O)Nc7nc8ccccc8s7)c6C5)nc4C(=O)O)c3C)cc2)C(C)(C)C)cc1. The van der Waals surface area contributed by atoms with Gasteiger partial charge in [0.25, 0.3) is 5.91 Å². The quantitative estimate of drug-likeness (QED) is 0.0576. The molecule has 4 amide bonds. The van der Waals surface area contributed by atoms with Crippen LogP contribution < -0.4 is 25.6 Å². The molecule has 18 heteroatoms. The Morgan fingerprint density at radius 1 is 0.829 bits per heavy atom. The van der Waals surface area contributed by atoms with Gasteiger partial charge in [0.2, 0.25) is 17.7 Å². The van der Waals surface area contributed by atoms with Crippen molar-refractivity contribution in [2.75, 3.05) is 23.3 Å². The number of nitrogens with one attached hydrogen (secondary N) is 3. The number of carboxylic acids is 1. The second-order valence-electron chi connectivity index (χ2n) is 22.3. The number of thiazole rings is 2. The molecule has 3 aromatic heterocycles. The Morgan fingerprint density at radius 2 is 1.57 bits per heavy atom. The number of nitrogens with zero attached hydrogens (tertiary/aromatic N) is 5. The number of aliphatic hydroxyl groups excluding tert-OH is 1. The Bertz CT molecular complexity index is 3670. The van der Waals surface area contributed by atoms with Crippen molar-refractivity contribution in [1.82, 2.24) is 30.5 Å². The highest BCUT2D eigenvalue weighted by atomic mass is 32.1. The first kappa shape index (κ1) is 56.9. The molecule has 8 aromatic rings. The van der Waals surface area contributed by atoms with E-state index in [0.29, 0.717) is 65.1 Å². The molecule has 1 saturated heterocycles. The zero-order valence-electron chi connectivity index (χ0n) is 46.9. The van der Waals surface area contributed by atoms with E-state index >= 15 is 0 Å². The number of fused-ring (bicyclic) bond motifs is 2. The second kappa shape index (κ2) is 24.0. The lowest BCUT2D eigenvalue weighted by molar-refractivity contribution is -0.144. The Balaban J connectivity index is 0.747. The fourth-order valence-corrected chi connectivity index (χ4v) is 12.5. The van der Waals surface area contributed by atoms with Gasteiger partial charge in [0, 0.05) is 43.6 Å². The van der Waals surface area contributed by atoms with Crippen molar-refractivity contribution in [3.05, 3.63) is 172 Å². The molecule has 5 aromatic carbocycles. The van der Waals surface area contributed by atoms with Crippen LogP contribution in [0.4, 0.5) is 10.9 Å². The Hall–Kier alpha value is -8.32. The van der Waals surface area contributed by atoms with E-state index in [-0.39, 0.29) is 54.8 Å². The van der Waals surface area contributed by atoms with Gasteiger partial charge in [0.15, 0.2) is 10.8 Å². The number of hydrogen-bond donors (Lipinski definition) is 5. The number of β-amino-alcohol motifs (C(OH)–C–C–N with tert-alkyl or cyclic N) is 1. The summed E-state index contributed by atoms with van der Waals surface area (Å²) in [4.78, 5) is 86.6. The van der Waals surface area contributed by atoms with Crippen LogP contribution in [0.1, 0.15) is 120 Å². The minimum absolute atomic E-state index is 0.0226. The third-order valence-corrected chi connectivity index (χ3v) is 17.5. The van der Waals surface area contributed by atoms with E-state index in [1.54, 1.807) is 23.5 Å². The maximum absolute atomic E-state index is 14.3. The number of ether oxygens (including phenoxy) is 1. The van der Waals surface area contributed by atoms with E-state index in [2.05, 4.69) is 25.9 Å². The lowest BCUT2D eigenvalue weighted by Crippen LogP contribution is -2.57. The van der Waals surface area contributed by atoms with Crippen LogP contribution >= 0.6 is 22.7 Å². The van der Waals surface area contributed by atoms with Crippen molar-refractivity contribution < 1.29 is 38.9 Å². The fourth-order valence-electron chi connectivity index (χ4n) is 10.9. The van der Waals surface area contributed by atoms with Gasteiger partial charge in [-0.25, -0.2) is 19.7 Å². The molecule has 1 fully saturated rings. The third-order valence-electron chi connectivity index (χ3n) is 15.6. The van der Waals surface area contributed by atoms with Crippen molar-refractivity contribution >= 4 is 73.4 Å². The summed E-state index contributed by atoms with van der Waals surface area (Å²) < 4.78 is 7.39. The molecule has 5 N–H and O–H groups in total. The van der Waals surface area contributed by atoms with E-state index in [0.717, 1.165) is 54.2 Å². The lowest BCUT2D eigenvalue weighted by Gasteiger charge is -2.35. The summed E-state index contributed by atoms with van der Waals surface area (Å²) in [5, 5.41) is 30.9. The number of aliphatic hydroxyl groups is 1. The highest BCUT2D eigenvalue weighted by molar-refractivity contribution is 7.22.